The molecule has 1 aliphatic carbocycles. The molecule has 0 spiro atoms. The summed E-state index contributed by atoms with van der Waals surface area (Å²) >= 11 is 0. The Labute approximate surface area is 83.1 Å². The molecular weight excluding hydrogens is 178 g/mol. The van der Waals surface area contributed by atoms with Gasteiger partial charge in [-0.25, -0.2) is 0 Å². The fourth-order valence-corrected chi connectivity index (χ4v) is 1.16. The van der Waals surface area contributed by atoms with Gasteiger partial charge in [0.1, 0.15) is 0 Å². The fourth-order valence-electron chi connectivity index (χ4n) is 1.16. The molecule has 6 N–H and O–H groups in total. The third kappa shape index (κ3) is 3.75. The molecule has 5 nitrogen and oxygen atoms in total. The van der Waals surface area contributed by atoms with Crippen molar-refractivity contribution in [1.29, 1.82) is 0 Å². The lowest BCUT2D eigenvalue weighted by atomic mass is 10.2. The molecule has 5 heteroatoms. The molecule has 0 aromatic carbocycles. The van der Waals surface area contributed by atoms with E-state index in [1.54, 1.807) is 0 Å². The van der Waals surface area contributed by atoms with Gasteiger partial charge in [-0.2, -0.15) is 4.99 Å². The van der Waals surface area contributed by atoms with Crippen molar-refractivity contribution < 1.29 is 0 Å². The minimum Gasteiger partial charge on any atom is -0.370 e. The van der Waals surface area contributed by atoms with Gasteiger partial charge in [0.05, 0.1) is 0 Å². The Balaban J connectivity index is 2.32. The Morgan fingerprint density at radius 3 is 2.71 bits per heavy atom. The van der Waals surface area contributed by atoms with Gasteiger partial charge in [0.15, 0.2) is 5.96 Å². The number of hydrogen-bond acceptors (Lipinski definition) is 1. The first-order valence-corrected chi connectivity index (χ1v) is 4.43. The predicted molar refractivity (Wildman–Crippen MR) is 58.8 cm³/mol. The van der Waals surface area contributed by atoms with Crippen LogP contribution < -0.4 is 17.2 Å². The normalized spacial score (nSPS) is 15.4. The van der Waals surface area contributed by atoms with Crippen molar-refractivity contribution in [2.24, 2.45) is 27.2 Å². The number of guanidine groups is 2. The minimum atomic E-state index is -0.0637. The minimum absolute atomic E-state index is 0.0637. The van der Waals surface area contributed by atoms with Gasteiger partial charge in [0, 0.05) is 6.54 Å². The summed E-state index contributed by atoms with van der Waals surface area (Å²) in [5.74, 6) is 0.0683. The zero-order chi connectivity index (χ0) is 10.4. The fraction of sp³-hybridized carbons (Fsp3) is 0.333. The van der Waals surface area contributed by atoms with Crippen LogP contribution in [0.5, 0.6) is 0 Å². The van der Waals surface area contributed by atoms with Crippen LogP contribution in [0.3, 0.4) is 0 Å². The zero-order valence-electron chi connectivity index (χ0n) is 7.98. The standard InChI is InChI=1S/C9H15N5/c10-8(11)14-9(12)13-6-5-7-3-1-2-4-7/h1,3-4H,2,5-6H2,(H6,10,11,12,13,14). The molecule has 0 fully saturated rings. The van der Waals surface area contributed by atoms with Crippen LogP contribution in [-0.2, 0) is 0 Å². The van der Waals surface area contributed by atoms with Crippen LogP contribution in [0.2, 0.25) is 0 Å². The first kappa shape index (κ1) is 10.3. The van der Waals surface area contributed by atoms with Crippen LogP contribution in [0.1, 0.15) is 12.8 Å². The van der Waals surface area contributed by atoms with E-state index in [1.165, 1.54) is 5.57 Å². The first-order valence-electron chi connectivity index (χ1n) is 4.43. The molecule has 14 heavy (non-hydrogen) atoms. The van der Waals surface area contributed by atoms with Crippen molar-refractivity contribution in [3.63, 3.8) is 0 Å². The monoisotopic (exact) mass is 193 g/mol. The highest BCUT2D eigenvalue weighted by molar-refractivity contribution is 5.92. The molecule has 0 aromatic heterocycles. The molecule has 76 valence electrons. The number of aliphatic imine (C=N–C) groups is 2. The number of rotatable bonds is 3. The lowest BCUT2D eigenvalue weighted by molar-refractivity contribution is 0.967. The molecule has 0 unspecified atom stereocenters. The molecule has 1 aliphatic rings. The molecular formula is C9H15N5. The van der Waals surface area contributed by atoms with E-state index in [1.807, 2.05) is 0 Å². The lowest BCUT2D eigenvalue weighted by Gasteiger charge is -1.96. The summed E-state index contributed by atoms with van der Waals surface area (Å²) in [6.45, 7) is 0.610. The van der Waals surface area contributed by atoms with Crippen LogP contribution in [-0.4, -0.2) is 18.5 Å². The van der Waals surface area contributed by atoms with Gasteiger partial charge in [0.25, 0.3) is 0 Å². The van der Waals surface area contributed by atoms with Crippen molar-refractivity contribution in [2.75, 3.05) is 6.54 Å². The van der Waals surface area contributed by atoms with Crippen molar-refractivity contribution in [1.82, 2.24) is 0 Å². The summed E-state index contributed by atoms with van der Waals surface area (Å²) in [6.07, 6.45) is 8.25. The first-order chi connectivity index (χ1) is 6.68. The summed E-state index contributed by atoms with van der Waals surface area (Å²) in [6, 6.07) is 0. The van der Waals surface area contributed by atoms with E-state index in [-0.39, 0.29) is 11.9 Å². The molecule has 0 saturated heterocycles. The zero-order valence-corrected chi connectivity index (χ0v) is 7.98. The maximum absolute atomic E-state index is 5.42. The average Bonchev–Trinajstić information content (AvgIpc) is 2.55. The molecule has 0 amide bonds. The van der Waals surface area contributed by atoms with E-state index in [2.05, 4.69) is 28.2 Å². The largest absolute Gasteiger partial charge is 0.370 e. The SMILES string of the molecule is NC(N)=NC(N)=NCCC1=CCC=C1. The lowest BCUT2D eigenvalue weighted by Crippen LogP contribution is -2.26. The Morgan fingerprint density at radius 1 is 1.36 bits per heavy atom. The van der Waals surface area contributed by atoms with Crippen molar-refractivity contribution in [3.8, 4) is 0 Å². The van der Waals surface area contributed by atoms with Gasteiger partial charge in [-0.15, -0.1) is 0 Å². The third-order valence-corrected chi connectivity index (χ3v) is 1.77. The van der Waals surface area contributed by atoms with E-state index < -0.39 is 0 Å². The maximum atomic E-state index is 5.42. The second kappa shape index (κ2) is 5.06. The molecule has 0 bridgehead atoms. The van der Waals surface area contributed by atoms with Crippen LogP contribution in [0.4, 0.5) is 0 Å². The Hall–Kier alpha value is -1.78. The molecule has 0 aromatic rings. The van der Waals surface area contributed by atoms with Crippen molar-refractivity contribution >= 4 is 11.9 Å². The summed E-state index contributed by atoms with van der Waals surface area (Å²) in [5.41, 5.74) is 17.0. The Morgan fingerprint density at radius 2 is 2.14 bits per heavy atom. The quantitative estimate of drug-likeness (QED) is 0.429. The molecule has 0 heterocycles. The van der Waals surface area contributed by atoms with Crippen LogP contribution >= 0.6 is 0 Å². The van der Waals surface area contributed by atoms with Crippen molar-refractivity contribution in [2.45, 2.75) is 12.8 Å². The van der Waals surface area contributed by atoms with E-state index in [9.17, 15) is 0 Å². The van der Waals surface area contributed by atoms with Gasteiger partial charge < -0.3 is 17.2 Å². The number of hydrogen-bond donors (Lipinski definition) is 3. The number of allylic oxidation sites excluding steroid dienone is 3. The van der Waals surface area contributed by atoms with Gasteiger partial charge in [-0.05, 0) is 12.8 Å². The average molecular weight is 193 g/mol. The van der Waals surface area contributed by atoms with Gasteiger partial charge in [0.2, 0.25) is 5.96 Å². The van der Waals surface area contributed by atoms with E-state index in [4.69, 9.17) is 17.2 Å². The second-order valence-corrected chi connectivity index (χ2v) is 2.94. The summed E-state index contributed by atoms with van der Waals surface area (Å²) in [4.78, 5) is 7.60. The third-order valence-electron chi connectivity index (χ3n) is 1.77. The molecule has 1 rings (SSSR count). The summed E-state index contributed by atoms with van der Waals surface area (Å²) < 4.78 is 0. The predicted octanol–water partition coefficient (Wildman–Crippen LogP) is -0.149. The van der Waals surface area contributed by atoms with E-state index in [0.717, 1.165) is 12.8 Å². The smallest absolute Gasteiger partial charge is 0.218 e. The van der Waals surface area contributed by atoms with E-state index >= 15 is 0 Å². The number of nitrogens with zero attached hydrogens (tertiary/aromatic N) is 2. The van der Waals surface area contributed by atoms with Gasteiger partial charge >= 0.3 is 0 Å². The van der Waals surface area contributed by atoms with Crippen LogP contribution in [0, 0.1) is 0 Å². The highest BCUT2D eigenvalue weighted by Gasteiger charge is 1.96. The topological polar surface area (TPSA) is 103 Å². The van der Waals surface area contributed by atoms with Gasteiger partial charge in [-0.1, -0.05) is 23.8 Å². The molecule has 0 atom stereocenters. The van der Waals surface area contributed by atoms with E-state index in [0.29, 0.717) is 6.54 Å². The second-order valence-electron chi connectivity index (χ2n) is 2.94. The highest BCUT2D eigenvalue weighted by Crippen LogP contribution is 2.11. The summed E-state index contributed by atoms with van der Waals surface area (Å²) in [7, 11) is 0. The molecule has 0 aliphatic heterocycles. The van der Waals surface area contributed by atoms with Crippen LogP contribution in [0.25, 0.3) is 0 Å². The van der Waals surface area contributed by atoms with Crippen LogP contribution in [0.15, 0.2) is 33.8 Å². The molecule has 0 radical (unpaired) electrons. The van der Waals surface area contributed by atoms with Gasteiger partial charge in [-0.3, -0.25) is 4.99 Å². The molecule has 0 saturated carbocycles. The Kier molecular flexibility index (Phi) is 3.72. The summed E-state index contributed by atoms with van der Waals surface area (Å²) in [5, 5.41) is 0. The van der Waals surface area contributed by atoms with Crippen molar-refractivity contribution in [3.05, 3.63) is 23.8 Å². The maximum Gasteiger partial charge on any atom is 0.218 e. The highest BCUT2D eigenvalue weighted by atomic mass is 15.1. The number of nitrogens with two attached hydrogens (primary N) is 3. The Bertz CT molecular complexity index is 307.